The van der Waals surface area contributed by atoms with E-state index >= 15 is 0 Å². The second kappa shape index (κ2) is 5.46. The first-order valence-electron chi connectivity index (χ1n) is 5.54. The van der Waals surface area contributed by atoms with Gasteiger partial charge in [-0.2, -0.15) is 0 Å². The highest BCUT2D eigenvalue weighted by molar-refractivity contribution is 9.10. The minimum atomic E-state index is 0.155. The first-order valence-corrected chi connectivity index (χ1v) is 6.33. The minimum Gasteiger partial charge on any atom is -0.311 e. The molecule has 1 fully saturated rings. The van der Waals surface area contributed by atoms with Gasteiger partial charge in [0.25, 0.3) is 0 Å². The van der Waals surface area contributed by atoms with Crippen molar-refractivity contribution < 1.29 is 4.79 Å². The van der Waals surface area contributed by atoms with Gasteiger partial charge >= 0.3 is 0 Å². The molecular formula is C12H15BrN2O. The van der Waals surface area contributed by atoms with Crippen LogP contribution in [0.2, 0.25) is 0 Å². The third kappa shape index (κ3) is 2.83. The molecule has 0 aliphatic carbocycles. The van der Waals surface area contributed by atoms with Gasteiger partial charge in [-0.15, -0.1) is 0 Å². The fourth-order valence-corrected chi connectivity index (χ4v) is 2.09. The van der Waals surface area contributed by atoms with E-state index in [-0.39, 0.29) is 5.91 Å². The number of nitrogens with one attached hydrogen (secondary N) is 1. The Balaban J connectivity index is 2.15. The predicted octanol–water partition coefficient (Wildman–Crippen LogP) is 2.17. The summed E-state index contributed by atoms with van der Waals surface area (Å²) in [5.41, 5.74) is 0.983. The number of halogens is 1. The molecule has 0 spiro atoms. The van der Waals surface area contributed by atoms with Crippen molar-refractivity contribution in [3.8, 4) is 0 Å². The van der Waals surface area contributed by atoms with Gasteiger partial charge in [-0.1, -0.05) is 15.9 Å². The molecule has 0 bridgehead atoms. The van der Waals surface area contributed by atoms with Crippen molar-refractivity contribution >= 4 is 27.5 Å². The Bertz CT molecular complexity index is 364. The molecule has 0 saturated carbocycles. The number of benzene rings is 1. The molecule has 1 saturated heterocycles. The van der Waals surface area contributed by atoms with Gasteiger partial charge in [0.2, 0.25) is 5.91 Å². The van der Waals surface area contributed by atoms with Gasteiger partial charge in [0.1, 0.15) is 0 Å². The van der Waals surface area contributed by atoms with Crippen molar-refractivity contribution in [1.82, 2.24) is 5.32 Å². The Morgan fingerprint density at radius 2 is 1.94 bits per heavy atom. The van der Waals surface area contributed by atoms with Gasteiger partial charge in [-0.3, -0.25) is 4.79 Å². The van der Waals surface area contributed by atoms with Gasteiger partial charge in [-0.25, -0.2) is 0 Å². The number of anilines is 1. The fourth-order valence-electron chi connectivity index (χ4n) is 1.83. The van der Waals surface area contributed by atoms with Gasteiger partial charge < -0.3 is 10.2 Å². The zero-order valence-corrected chi connectivity index (χ0v) is 10.7. The van der Waals surface area contributed by atoms with Crippen molar-refractivity contribution in [2.24, 2.45) is 0 Å². The van der Waals surface area contributed by atoms with E-state index in [9.17, 15) is 4.79 Å². The van der Waals surface area contributed by atoms with E-state index in [1.807, 2.05) is 29.2 Å². The Morgan fingerprint density at radius 1 is 1.19 bits per heavy atom. The number of amides is 1. The SMILES string of the molecule is O=C1CNCCCCN1c1ccc(Br)cc1. The lowest BCUT2D eigenvalue weighted by Crippen LogP contribution is -2.41. The summed E-state index contributed by atoms with van der Waals surface area (Å²) in [6.45, 7) is 2.21. The topological polar surface area (TPSA) is 32.3 Å². The number of carbonyl (C=O) groups excluding carboxylic acids is 1. The number of hydrogen-bond donors (Lipinski definition) is 1. The largest absolute Gasteiger partial charge is 0.311 e. The summed E-state index contributed by atoms with van der Waals surface area (Å²) in [4.78, 5) is 13.8. The first-order chi connectivity index (χ1) is 7.77. The number of carbonyl (C=O) groups is 1. The molecule has 0 atom stereocenters. The molecule has 1 aliphatic rings. The van der Waals surface area contributed by atoms with Crippen LogP contribution < -0.4 is 10.2 Å². The van der Waals surface area contributed by atoms with Crippen LogP contribution in [0.4, 0.5) is 5.69 Å². The maximum absolute atomic E-state index is 11.9. The highest BCUT2D eigenvalue weighted by Crippen LogP contribution is 2.19. The Labute approximate surface area is 104 Å². The number of nitrogens with zero attached hydrogens (tertiary/aromatic N) is 1. The number of hydrogen-bond acceptors (Lipinski definition) is 2. The Morgan fingerprint density at radius 3 is 2.69 bits per heavy atom. The summed E-state index contributed by atoms with van der Waals surface area (Å²) >= 11 is 3.40. The standard InChI is InChI=1S/C12H15BrN2O/c13-10-3-5-11(6-4-10)15-8-2-1-7-14-9-12(15)16/h3-6,14H,1-2,7-9H2. The van der Waals surface area contributed by atoms with Crippen molar-refractivity contribution in [2.45, 2.75) is 12.8 Å². The van der Waals surface area contributed by atoms with Crippen LogP contribution in [-0.4, -0.2) is 25.5 Å². The summed E-state index contributed by atoms with van der Waals surface area (Å²) in [6, 6.07) is 7.89. The quantitative estimate of drug-likeness (QED) is 0.856. The lowest BCUT2D eigenvalue weighted by atomic mass is 10.2. The second-order valence-corrected chi connectivity index (χ2v) is 4.82. The lowest BCUT2D eigenvalue weighted by Gasteiger charge is -2.25. The van der Waals surface area contributed by atoms with Crippen LogP contribution in [0.15, 0.2) is 28.7 Å². The first kappa shape index (κ1) is 11.6. The van der Waals surface area contributed by atoms with Crippen LogP contribution in [0.3, 0.4) is 0 Å². The number of rotatable bonds is 1. The highest BCUT2D eigenvalue weighted by atomic mass is 79.9. The molecule has 1 amide bonds. The van der Waals surface area contributed by atoms with E-state index < -0.39 is 0 Å². The molecular weight excluding hydrogens is 268 g/mol. The summed E-state index contributed by atoms with van der Waals surface area (Å²) in [5.74, 6) is 0.155. The summed E-state index contributed by atoms with van der Waals surface area (Å²) < 4.78 is 1.04. The van der Waals surface area contributed by atoms with Crippen LogP contribution in [0.5, 0.6) is 0 Å². The third-order valence-corrected chi connectivity index (χ3v) is 3.23. The average Bonchev–Trinajstić information content (AvgIpc) is 2.26. The maximum atomic E-state index is 11.9. The Kier molecular flexibility index (Phi) is 3.96. The van der Waals surface area contributed by atoms with E-state index in [1.165, 1.54) is 0 Å². The molecule has 1 aliphatic heterocycles. The van der Waals surface area contributed by atoms with Crippen LogP contribution in [0.25, 0.3) is 0 Å². The van der Waals surface area contributed by atoms with Gasteiger partial charge in [0, 0.05) is 16.7 Å². The molecule has 86 valence electrons. The van der Waals surface area contributed by atoms with E-state index in [0.717, 1.165) is 36.1 Å². The molecule has 1 aromatic carbocycles. The second-order valence-electron chi connectivity index (χ2n) is 3.91. The molecule has 1 aromatic rings. The summed E-state index contributed by atoms with van der Waals surface area (Å²) in [6.07, 6.45) is 2.18. The van der Waals surface area contributed by atoms with E-state index in [1.54, 1.807) is 0 Å². The van der Waals surface area contributed by atoms with E-state index in [0.29, 0.717) is 6.54 Å². The van der Waals surface area contributed by atoms with Gasteiger partial charge in [-0.05, 0) is 43.7 Å². The molecule has 2 rings (SSSR count). The van der Waals surface area contributed by atoms with Crippen molar-refractivity contribution in [3.05, 3.63) is 28.7 Å². The molecule has 4 heteroatoms. The monoisotopic (exact) mass is 282 g/mol. The fraction of sp³-hybridized carbons (Fsp3) is 0.417. The van der Waals surface area contributed by atoms with Gasteiger partial charge in [0.15, 0.2) is 0 Å². The normalized spacial score (nSPS) is 18.1. The molecule has 16 heavy (non-hydrogen) atoms. The lowest BCUT2D eigenvalue weighted by molar-refractivity contribution is -0.118. The third-order valence-electron chi connectivity index (χ3n) is 2.70. The maximum Gasteiger partial charge on any atom is 0.240 e. The minimum absolute atomic E-state index is 0.155. The van der Waals surface area contributed by atoms with E-state index in [2.05, 4.69) is 21.2 Å². The van der Waals surface area contributed by atoms with Crippen LogP contribution >= 0.6 is 15.9 Å². The van der Waals surface area contributed by atoms with Crippen molar-refractivity contribution in [2.75, 3.05) is 24.5 Å². The van der Waals surface area contributed by atoms with Gasteiger partial charge in [0.05, 0.1) is 6.54 Å². The molecule has 0 unspecified atom stereocenters. The zero-order valence-electron chi connectivity index (χ0n) is 9.08. The summed E-state index contributed by atoms with van der Waals surface area (Å²) in [5, 5.41) is 3.15. The highest BCUT2D eigenvalue weighted by Gasteiger charge is 2.16. The Hall–Kier alpha value is -0.870. The van der Waals surface area contributed by atoms with Crippen LogP contribution in [0.1, 0.15) is 12.8 Å². The van der Waals surface area contributed by atoms with Crippen LogP contribution in [-0.2, 0) is 4.79 Å². The van der Waals surface area contributed by atoms with E-state index in [4.69, 9.17) is 0 Å². The molecule has 1 N–H and O–H groups in total. The molecule has 0 radical (unpaired) electrons. The molecule has 0 aromatic heterocycles. The van der Waals surface area contributed by atoms with Crippen molar-refractivity contribution in [1.29, 1.82) is 0 Å². The van der Waals surface area contributed by atoms with Crippen LogP contribution in [0, 0.1) is 0 Å². The molecule has 1 heterocycles. The zero-order chi connectivity index (χ0) is 11.4. The predicted molar refractivity (Wildman–Crippen MR) is 68.6 cm³/mol. The smallest absolute Gasteiger partial charge is 0.240 e. The average molecular weight is 283 g/mol. The van der Waals surface area contributed by atoms with Crippen molar-refractivity contribution in [3.63, 3.8) is 0 Å². The summed E-state index contributed by atoms with van der Waals surface area (Å²) in [7, 11) is 0. The molecule has 3 nitrogen and oxygen atoms in total.